The van der Waals surface area contributed by atoms with Gasteiger partial charge in [-0.2, -0.15) is 0 Å². The van der Waals surface area contributed by atoms with Gasteiger partial charge in [0.15, 0.2) is 0 Å². The van der Waals surface area contributed by atoms with Gasteiger partial charge in [0.1, 0.15) is 0 Å². The summed E-state index contributed by atoms with van der Waals surface area (Å²) in [5, 5.41) is 0. The van der Waals surface area contributed by atoms with E-state index in [1.54, 1.807) is 0 Å². The second kappa shape index (κ2) is 10.3. The average molecular weight is 653 g/mol. The molecule has 0 amide bonds. The summed E-state index contributed by atoms with van der Waals surface area (Å²) in [6, 6.07) is 44.6. The van der Waals surface area contributed by atoms with E-state index in [2.05, 4.69) is 115 Å². The van der Waals surface area contributed by atoms with Crippen molar-refractivity contribution in [2.24, 2.45) is 0 Å². The van der Waals surface area contributed by atoms with E-state index < -0.39 is 15.9 Å². The summed E-state index contributed by atoms with van der Waals surface area (Å²) in [5.41, 5.74) is 8.76. The molecular weight excluding hydrogens is 626 g/mol. The molecule has 41 heavy (non-hydrogen) atoms. The van der Waals surface area contributed by atoms with Crippen LogP contribution in [-0.4, -0.2) is 3.21 Å². The van der Waals surface area contributed by atoms with Gasteiger partial charge in [-0.15, -0.1) is 0 Å². The number of rotatable bonds is 5. The number of fused-ring (bicyclic) bond motifs is 3. The van der Waals surface area contributed by atoms with Crippen molar-refractivity contribution in [3.05, 3.63) is 185 Å². The van der Waals surface area contributed by atoms with E-state index in [-0.39, 0.29) is 13.1 Å². The molecule has 7 rings (SSSR count). The van der Waals surface area contributed by atoms with Crippen LogP contribution in [0.15, 0.2) is 152 Å². The van der Waals surface area contributed by atoms with Gasteiger partial charge >= 0.3 is 250 Å². The minimum absolute atomic E-state index is 0.209. The van der Waals surface area contributed by atoms with Gasteiger partial charge in [-0.3, -0.25) is 0 Å². The van der Waals surface area contributed by atoms with Crippen LogP contribution >= 0.6 is 17.0 Å². The Morgan fingerprint density at radius 3 is 1.61 bits per heavy atom. The van der Waals surface area contributed by atoms with Crippen LogP contribution in [0.25, 0.3) is 16.7 Å². The van der Waals surface area contributed by atoms with Crippen LogP contribution < -0.4 is 0 Å². The van der Waals surface area contributed by atoms with Crippen LogP contribution in [0.5, 0.6) is 0 Å². The van der Waals surface area contributed by atoms with E-state index >= 15 is 0 Å². The molecule has 4 heteroatoms. The summed E-state index contributed by atoms with van der Waals surface area (Å²) >= 11 is -5.51. The third-order valence-corrected chi connectivity index (χ3v) is 28.2. The molecular formula is C37H27Cl2FZr. The zero-order valence-corrected chi connectivity index (χ0v) is 26.2. The Kier molecular flexibility index (Phi) is 6.70. The fourth-order valence-electron chi connectivity index (χ4n) is 6.99. The van der Waals surface area contributed by atoms with Crippen molar-refractivity contribution >= 4 is 25.8 Å². The van der Waals surface area contributed by atoms with Crippen LogP contribution in [0.4, 0.5) is 4.39 Å². The molecule has 0 bridgehead atoms. The SMILES string of the molecule is Fc1ccc(C2=CC=C[CH]2[Zr]([Cl])([Cl])(=[C](c2ccccc2)c2ccccc2)[CH]2c3ccccc3-c3ccccc32)cc1. The second-order valence-corrected chi connectivity index (χ2v) is 31.5. The van der Waals surface area contributed by atoms with E-state index in [1.807, 2.05) is 24.3 Å². The molecule has 1 unspecified atom stereocenters. The van der Waals surface area contributed by atoms with Crippen LogP contribution in [0.2, 0.25) is 3.63 Å². The molecule has 0 radical (unpaired) electrons. The monoisotopic (exact) mass is 650 g/mol. The number of benzene rings is 5. The molecule has 0 aliphatic heterocycles. The Bertz CT molecular complexity index is 1810. The zero-order chi connectivity index (χ0) is 28.1. The quantitative estimate of drug-likeness (QED) is 0.177. The van der Waals surface area contributed by atoms with Gasteiger partial charge in [-0.05, 0) is 0 Å². The molecule has 0 aromatic heterocycles. The van der Waals surface area contributed by atoms with E-state index in [4.69, 9.17) is 17.0 Å². The van der Waals surface area contributed by atoms with Crippen LogP contribution in [0.3, 0.4) is 0 Å². The first-order valence-electron chi connectivity index (χ1n) is 13.8. The topological polar surface area (TPSA) is 0 Å². The molecule has 5 aromatic rings. The van der Waals surface area contributed by atoms with Gasteiger partial charge in [-0.1, -0.05) is 0 Å². The Hall–Kier alpha value is -3.16. The molecule has 1 atom stereocenters. The molecule has 2 aliphatic carbocycles. The molecule has 0 saturated carbocycles. The number of halogens is 3. The summed E-state index contributed by atoms with van der Waals surface area (Å²) in [6.07, 6.45) is 6.37. The summed E-state index contributed by atoms with van der Waals surface area (Å²) in [5.74, 6) is -0.266. The fourth-order valence-corrected chi connectivity index (χ4v) is 27.7. The molecule has 0 nitrogen and oxygen atoms in total. The van der Waals surface area contributed by atoms with Crippen molar-refractivity contribution in [2.45, 2.75) is 7.25 Å². The second-order valence-electron chi connectivity index (χ2n) is 10.9. The van der Waals surface area contributed by atoms with Crippen LogP contribution in [0, 0.1) is 5.82 Å². The maximum absolute atomic E-state index is 14.0. The van der Waals surface area contributed by atoms with E-state index in [0.717, 1.165) is 25.5 Å². The Labute approximate surface area is 248 Å². The van der Waals surface area contributed by atoms with Gasteiger partial charge in [-0.25, -0.2) is 0 Å². The summed E-state index contributed by atoms with van der Waals surface area (Å²) < 4.78 is 14.6. The van der Waals surface area contributed by atoms with Crippen molar-refractivity contribution in [2.75, 3.05) is 0 Å². The Morgan fingerprint density at radius 2 is 1.07 bits per heavy atom. The first kappa shape index (κ1) is 26.7. The third-order valence-electron chi connectivity index (χ3n) is 8.63. The minimum atomic E-state index is -5.51. The maximum atomic E-state index is 14.0. The van der Waals surface area contributed by atoms with E-state index in [9.17, 15) is 4.39 Å². The molecule has 5 aromatic carbocycles. The Morgan fingerprint density at radius 1 is 0.585 bits per heavy atom. The summed E-state index contributed by atoms with van der Waals surface area (Å²) in [6.45, 7) is 0. The number of hydrogen-bond donors (Lipinski definition) is 0. The average Bonchev–Trinajstić information content (AvgIpc) is 3.64. The zero-order valence-electron chi connectivity index (χ0n) is 22.2. The summed E-state index contributed by atoms with van der Waals surface area (Å²) in [4.78, 5) is 0. The standard InChI is InChI=1S/C13H9.C13H10.C11H8F.2ClH.Zr/c1-3-7-12-10(5-1)9-11-6-2-4-8-13(11)12;1-3-7-12(8-4-1)11-13-9-5-2-6-10-13;12-11-7-5-10(6-8-11)9-3-1-2-4-9;;;/h1-9H;1-10H;1-8H;2*1H;/q;;;;;+2/p-2. The van der Waals surface area contributed by atoms with Gasteiger partial charge < -0.3 is 0 Å². The first-order chi connectivity index (χ1) is 20.0. The molecule has 0 N–H and O–H groups in total. The van der Waals surface area contributed by atoms with Crippen molar-refractivity contribution < 1.29 is 20.3 Å². The fraction of sp³-hybridized carbons (Fsp3) is 0.0541. The molecule has 2 aliphatic rings. The predicted octanol–water partition coefficient (Wildman–Crippen LogP) is 10.6. The van der Waals surface area contributed by atoms with Crippen molar-refractivity contribution in [3.8, 4) is 11.1 Å². The van der Waals surface area contributed by atoms with Crippen LogP contribution in [0.1, 0.15) is 31.4 Å². The Balaban J connectivity index is 1.66. The van der Waals surface area contributed by atoms with Gasteiger partial charge in [0.05, 0.1) is 0 Å². The number of hydrogen-bond acceptors (Lipinski definition) is 0. The van der Waals surface area contributed by atoms with Gasteiger partial charge in [0.2, 0.25) is 0 Å². The normalized spacial score (nSPS) is 16.3. The van der Waals surface area contributed by atoms with Gasteiger partial charge in [0, 0.05) is 0 Å². The molecule has 200 valence electrons. The van der Waals surface area contributed by atoms with Gasteiger partial charge in [0.25, 0.3) is 0 Å². The molecule has 0 saturated heterocycles. The third kappa shape index (κ3) is 4.23. The molecule has 0 spiro atoms. The first-order valence-corrected chi connectivity index (χ1v) is 24.2. The summed E-state index contributed by atoms with van der Waals surface area (Å²) in [7, 11) is 17.3. The van der Waals surface area contributed by atoms with Crippen molar-refractivity contribution in [1.82, 2.24) is 0 Å². The predicted molar refractivity (Wildman–Crippen MR) is 169 cm³/mol. The number of allylic oxidation sites excluding steroid dienone is 4. The molecule has 0 fully saturated rings. The molecule has 0 heterocycles. The van der Waals surface area contributed by atoms with Crippen LogP contribution in [-0.2, 0) is 15.9 Å². The van der Waals surface area contributed by atoms with Crippen molar-refractivity contribution in [1.29, 1.82) is 0 Å². The van der Waals surface area contributed by atoms with E-state index in [1.165, 1.54) is 34.4 Å². The van der Waals surface area contributed by atoms with E-state index in [0.29, 0.717) is 0 Å². The van der Waals surface area contributed by atoms with Crippen molar-refractivity contribution in [3.63, 3.8) is 0 Å².